The summed E-state index contributed by atoms with van der Waals surface area (Å²) in [6.45, 7) is 0.197. The van der Waals surface area contributed by atoms with E-state index in [1.54, 1.807) is 0 Å². The van der Waals surface area contributed by atoms with Gasteiger partial charge in [-0.05, 0) is 29.8 Å². The number of amides is 1. The summed E-state index contributed by atoms with van der Waals surface area (Å²) < 4.78 is 55.6. The Morgan fingerprint density at radius 2 is 1.78 bits per heavy atom. The molecule has 0 N–H and O–H groups in total. The molecule has 1 aliphatic rings. The standard InChI is InChI=1S/C22H14BrClF4N4O3S/c1-30-17(22(26,27)28)8-18(33)32(21(30)35)16-7-15(13(24)6-14(16)25)29-20-31(19(34)10-36-20)9-11-2-4-12(23)5-3-11/h2-8H,9-10H2,1H3/b29-20-. The second-order valence-electron chi connectivity index (χ2n) is 7.59. The fourth-order valence-corrected chi connectivity index (χ4v) is 4.77. The predicted molar refractivity (Wildman–Crippen MR) is 131 cm³/mol. The van der Waals surface area contributed by atoms with Crippen molar-refractivity contribution in [3.05, 3.63) is 89.9 Å². The molecule has 7 nitrogen and oxygen atoms in total. The predicted octanol–water partition coefficient (Wildman–Crippen LogP) is 4.87. The number of carbonyl (C=O) groups is 1. The van der Waals surface area contributed by atoms with Crippen LogP contribution in [0.3, 0.4) is 0 Å². The molecule has 14 heteroatoms. The van der Waals surface area contributed by atoms with Gasteiger partial charge in [0, 0.05) is 17.6 Å². The van der Waals surface area contributed by atoms with Crippen LogP contribution in [0.4, 0.5) is 23.2 Å². The van der Waals surface area contributed by atoms with Crippen molar-refractivity contribution in [3.63, 3.8) is 0 Å². The molecule has 0 radical (unpaired) electrons. The van der Waals surface area contributed by atoms with Crippen LogP contribution in [0.2, 0.25) is 5.02 Å². The summed E-state index contributed by atoms with van der Waals surface area (Å²) in [4.78, 5) is 43.2. The maximum Gasteiger partial charge on any atom is 0.431 e. The average Bonchev–Trinajstić information content (AvgIpc) is 3.13. The zero-order valence-electron chi connectivity index (χ0n) is 18.1. The third-order valence-electron chi connectivity index (χ3n) is 5.19. The molecule has 1 aromatic heterocycles. The summed E-state index contributed by atoms with van der Waals surface area (Å²) in [6.07, 6.45) is -4.97. The van der Waals surface area contributed by atoms with Gasteiger partial charge in [-0.2, -0.15) is 13.2 Å². The summed E-state index contributed by atoms with van der Waals surface area (Å²) in [6, 6.07) is 9.21. The summed E-state index contributed by atoms with van der Waals surface area (Å²) in [7, 11) is 0.816. The molecule has 2 heterocycles. The maximum atomic E-state index is 14.8. The molecule has 0 bridgehead atoms. The number of hydrogen-bond donors (Lipinski definition) is 0. The zero-order valence-corrected chi connectivity index (χ0v) is 21.3. The topological polar surface area (TPSA) is 76.7 Å². The van der Waals surface area contributed by atoms with E-state index in [1.807, 2.05) is 24.3 Å². The first-order chi connectivity index (χ1) is 16.9. The van der Waals surface area contributed by atoms with E-state index in [2.05, 4.69) is 20.9 Å². The largest absolute Gasteiger partial charge is 0.431 e. The SMILES string of the molecule is Cn1c(C(F)(F)F)cc(=O)n(-c2cc(/N=C3\SCC(=O)N3Cc3ccc(Br)cc3)c(Cl)cc2F)c1=O. The van der Waals surface area contributed by atoms with Gasteiger partial charge in [-0.25, -0.2) is 18.7 Å². The number of rotatable bonds is 4. The number of carbonyl (C=O) groups excluding carboxylic acids is 1. The van der Waals surface area contributed by atoms with Gasteiger partial charge in [0.1, 0.15) is 11.5 Å². The third-order valence-corrected chi connectivity index (χ3v) is 6.99. The van der Waals surface area contributed by atoms with Crippen LogP contribution in [0.15, 0.2) is 61.5 Å². The highest BCUT2D eigenvalue weighted by Crippen LogP contribution is 2.33. The molecule has 1 aliphatic heterocycles. The van der Waals surface area contributed by atoms with Crippen molar-refractivity contribution in [3.8, 4) is 5.69 Å². The third kappa shape index (κ3) is 5.13. The number of hydrogen-bond acceptors (Lipinski definition) is 5. The average molecular weight is 606 g/mol. The fraction of sp³-hybridized carbons (Fsp3) is 0.182. The first-order valence-corrected chi connectivity index (χ1v) is 12.2. The summed E-state index contributed by atoms with van der Waals surface area (Å²) in [5.74, 6) is -1.25. The minimum Gasteiger partial charge on any atom is -0.292 e. The van der Waals surface area contributed by atoms with Crippen molar-refractivity contribution in [2.75, 3.05) is 5.75 Å². The second kappa shape index (κ2) is 9.87. The number of benzene rings is 2. The number of halogens is 6. The van der Waals surface area contributed by atoms with Gasteiger partial charge < -0.3 is 0 Å². The van der Waals surface area contributed by atoms with Crippen molar-refractivity contribution in [2.45, 2.75) is 12.7 Å². The fourth-order valence-electron chi connectivity index (χ4n) is 3.42. The number of nitrogens with zero attached hydrogens (tertiary/aromatic N) is 4. The van der Waals surface area contributed by atoms with Crippen molar-refractivity contribution in [1.29, 1.82) is 0 Å². The van der Waals surface area contributed by atoms with Gasteiger partial charge in [-0.15, -0.1) is 0 Å². The van der Waals surface area contributed by atoms with Crippen LogP contribution in [0.5, 0.6) is 0 Å². The van der Waals surface area contributed by atoms with Gasteiger partial charge in [0.25, 0.3) is 5.56 Å². The van der Waals surface area contributed by atoms with Gasteiger partial charge in [-0.3, -0.25) is 19.1 Å². The molecular weight excluding hydrogens is 592 g/mol. The van der Waals surface area contributed by atoms with Crippen LogP contribution in [0, 0.1) is 5.82 Å². The molecule has 36 heavy (non-hydrogen) atoms. The van der Waals surface area contributed by atoms with Gasteiger partial charge in [0.05, 0.1) is 28.7 Å². The lowest BCUT2D eigenvalue weighted by Crippen LogP contribution is -2.41. The monoisotopic (exact) mass is 604 g/mol. The molecule has 0 unspecified atom stereocenters. The molecule has 1 saturated heterocycles. The van der Waals surface area contributed by atoms with Gasteiger partial charge in [-0.1, -0.05) is 51.4 Å². The van der Waals surface area contributed by atoms with Crippen molar-refractivity contribution >= 4 is 56.1 Å². The molecule has 0 saturated carbocycles. The number of aliphatic imine (C=N–C) groups is 1. The quantitative estimate of drug-likeness (QED) is 0.398. The van der Waals surface area contributed by atoms with E-state index in [9.17, 15) is 31.9 Å². The summed E-state index contributed by atoms with van der Waals surface area (Å²) in [5, 5.41) is 0.0547. The summed E-state index contributed by atoms with van der Waals surface area (Å²) >= 11 is 10.6. The first-order valence-electron chi connectivity index (χ1n) is 10.0. The minimum absolute atomic E-state index is 0.0834. The lowest BCUT2D eigenvalue weighted by atomic mass is 10.2. The van der Waals surface area contributed by atoms with E-state index in [1.165, 1.54) is 4.90 Å². The van der Waals surface area contributed by atoms with E-state index < -0.39 is 34.6 Å². The van der Waals surface area contributed by atoms with Crippen LogP contribution in [0.25, 0.3) is 5.69 Å². The Balaban J connectivity index is 1.79. The Morgan fingerprint density at radius 1 is 1.11 bits per heavy atom. The minimum atomic E-state index is -4.97. The number of thioether (sulfide) groups is 1. The lowest BCUT2D eigenvalue weighted by molar-refractivity contribution is -0.144. The molecule has 1 fully saturated rings. The highest BCUT2D eigenvalue weighted by Gasteiger charge is 2.35. The van der Waals surface area contributed by atoms with Crippen LogP contribution in [-0.2, 0) is 24.6 Å². The van der Waals surface area contributed by atoms with E-state index in [4.69, 9.17) is 11.6 Å². The van der Waals surface area contributed by atoms with Crippen molar-refractivity contribution in [2.24, 2.45) is 12.0 Å². The maximum absolute atomic E-state index is 14.8. The number of amidine groups is 1. The van der Waals surface area contributed by atoms with E-state index >= 15 is 0 Å². The highest BCUT2D eigenvalue weighted by molar-refractivity contribution is 9.10. The first kappa shape index (κ1) is 26.2. The van der Waals surface area contributed by atoms with E-state index in [-0.39, 0.29) is 49.3 Å². The van der Waals surface area contributed by atoms with Gasteiger partial charge in [0.2, 0.25) is 5.91 Å². The molecular formula is C22H14BrClF4N4O3S. The molecule has 3 aromatic rings. The van der Waals surface area contributed by atoms with Crippen LogP contribution < -0.4 is 11.2 Å². The zero-order chi connectivity index (χ0) is 26.4. The molecule has 0 spiro atoms. The van der Waals surface area contributed by atoms with Gasteiger partial charge in [0.15, 0.2) is 5.17 Å². The van der Waals surface area contributed by atoms with Crippen LogP contribution in [0.1, 0.15) is 11.3 Å². The molecule has 1 amide bonds. The van der Waals surface area contributed by atoms with Crippen molar-refractivity contribution in [1.82, 2.24) is 14.0 Å². The van der Waals surface area contributed by atoms with Crippen LogP contribution >= 0.6 is 39.3 Å². The van der Waals surface area contributed by atoms with Crippen LogP contribution in [-0.4, -0.2) is 30.9 Å². The molecule has 2 aromatic carbocycles. The number of alkyl halides is 3. The molecule has 188 valence electrons. The lowest BCUT2D eigenvalue weighted by Gasteiger charge is -2.17. The Kier molecular flexibility index (Phi) is 7.17. The normalized spacial score (nSPS) is 15.2. The smallest absolute Gasteiger partial charge is 0.292 e. The Hall–Kier alpha value is -2.90. The van der Waals surface area contributed by atoms with E-state index in [0.717, 1.165) is 41.0 Å². The molecule has 0 aliphatic carbocycles. The molecule has 4 rings (SSSR count). The van der Waals surface area contributed by atoms with E-state index in [0.29, 0.717) is 0 Å². The summed E-state index contributed by atoms with van der Waals surface area (Å²) in [5.41, 5.74) is -4.17. The Labute approximate surface area is 218 Å². The Bertz CT molecular complexity index is 1520. The van der Waals surface area contributed by atoms with Crippen molar-refractivity contribution < 1.29 is 22.4 Å². The Morgan fingerprint density at radius 3 is 2.42 bits per heavy atom. The molecule has 0 atom stereocenters. The second-order valence-corrected chi connectivity index (χ2v) is 9.85. The highest BCUT2D eigenvalue weighted by atomic mass is 79.9. The van der Waals surface area contributed by atoms with Gasteiger partial charge >= 0.3 is 11.9 Å². The number of aromatic nitrogens is 2.